The molecule has 43 heavy (non-hydrogen) atoms. The molecule has 2 aromatic heterocycles. The molecule has 2 aromatic carbocycles. The highest BCUT2D eigenvalue weighted by molar-refractivity contribution is 7.14. The van der Waals surface area contributed by atoms with Gasteiger partial charge in [-0.1, -0.05) is 83.1 Å². The minimum absolute atomic E-state index is 0.0211. The summed E-state index contributed by atoms with van der Waals surface area (Å²) < 4.78 is 0. The molecule has 0 saturated heterocycles. The summed E-state index contributed by atoms with van der Waals surface area (Å²) in [7, 11) is 0. The number of aromatic nitrogens is 2. The highest BCUT2D eigenvalue weighted by Crippen LogP contribution is 2.31. The molecule has 0 bridgehead atoms. The van der Waals surface area contributed by atoms with Crippen molar-refractivity contribution in [2.45, 2.75) is 71.8 Å². The fourth-order valence-electron chi connectivity index (χ4n) is 4.63. The van der Waals surface area contributed by atoms with E-state index >= 15 is 0 Å². The number of amides is 1. The molecule has 4 rings (SSSR count). The van der Waals surface area contributed by atoms with E-state index in [-0.39, 0.29) is 24.0 Å². The number of carboxylic acid groups (broad SMARTS) is 1. The zero-order valence-electron chi connectivity index (χ0n) is 25.5. The largest absolute Gasteiger partial charge is 0.480 e. The van der Waals surface area contributed by atoms with Gasteiger partial charge in [0, 0.05) is 40.7 Å². The second-order valence-electron chi connectivity index (χ2n) is 12.3. The van der Waals surface area contributed by atoms with Crippen molar-refractivity contribution < 1.29 is 19.5 Å². The Hall–Kier alpha value is -4.17. The van der Waals surface area contributed by atoms with Gasteiger partial charge in [0.05, 0.1) is 4.88 Å². The van der Waals surface area contributed by atoms with Crippen LogP contribution in [0.2, 0.25) is 0 Å². The molecule has 1 amide bonds. The SMILES string of the molecule is CC(C)c1ccc(-c2cnc(-c3ccc(C[C@H](CC(=O)c4ccc(C(C)(C)C)s4)C(=O)N[C@H](C)C(=O)O)cc3)nc2)cc1. The number of nitrogens with one attached hydrogen (secondary N) is 1. The van der Waals surface area contributed by atoms with Gasteiger partial charge in [-0.2, -0.15) is 0 Å². The van der Waals surface area contributed by atoms with Crippen LogP contribution in [-0.4, -0.2) is 38.8 Å². The molecule has 0 aliphatic heterocycles. The van der Waals surface area contributed by atoms with Gasteiger partial charge in [0.1, 0.15) is 6.04 Å². The molecule has 224 valence electrons. The molecular weight excluding hydrogens is 558 g/mol. The van der Waals surface area contributed by atoms with E-state index in [0.717, 1.165) is 27.1 Å². The zero-order chi connectivity index (χ0) is 31.3. The average molecular weight is 598 g/mol. The van der Waals surface area contributed by atoms with Crippen LogP contribution in [0.4, 0.5) is 0 Å². The van der Waals surface area contributed by atoms with Crippen LogP contribution in [0.3, 0.4) is 0 Å². The fraction of sp³-hybridized carbons (Fsp3) is 0.343. The number of ketones is 1. The monoisotopic (exact) mass is 597 g/mol. The Balaban J connectivity index is 1.49. The van der Waals surface area contributed by atoms with Crippen LogP contribution in [0.25, 0.3) is 22.5 Å². The van der Waals surface area contributed by atoms with Crippen LogP contribution in [0.5, 0.6) is 0 Å². The Morgan fingerprint density at radius 2 is 1.44 bits per heavy atom. The normalized spacial score (nSPS) is 13.0. The van der Waals surface area contributed by atoms with Gasteiger partial charge in [-0.25, -0.2) is 9.97 Å². The standard InChI is InChI=1S/C35H39N3O4S/c1-21(2)24-11-13-25(14-12-24)28-19-36-32(37-20-28)26-9-7-23(8-10-26)17-27(33(40)38-22(3)34(41)42)18-29(39)30-15-16-31(43-30)35(4,5)6/h7-16,19-22,27H,17-18H2,1-6H3,(H,38,40)(H,41,42)/t22-,27-/m1/s1. The first-order chi connectivity index (χ1) is 20.3. The molecule has 2 heterocycles. The first-order valence-electron chi connectivity index (χ1n) is 14.5. The van der Waals surface area contributed by atoms with Gasteiger partial charge >= 0.3 is 5.97 Å². The number of hydrogen-bond donors (Lipinski definition) is 2. The topological polar surface area (TPSA) is 109 Å². The molecule has 0 fully saturated rings. The van der Waals surface area contributed by atoms with Crippen molar-refractivity contribution in [1.82, 2.24) is 15.3 Å². The number of carboxylic acids is 1. The zero-order valence-corrected chi connectivity index (χ0v) is 26.4. The molecule has 2 N–H and O–H groups in total. The van der Waals surface area contributed by atoms with Crippen molar-refractivity contribution in [3.63, 3.8) is 0 Å². The van der Waals surface area contributed by atoms with Crippen molar-refractivity contribution in [1.29, 1.82) is 0 Å². The summed E-state index contributed by atoms with van der Waals surface area (Å²) in [6.45, 7) is 12.0. The van der Waals surface area contributed by atoms with Gasteiger partial charge in [-0.05, 0) is 53.5 Å². The molecule has 0 spiro atoms. The predicted octanol–water partition coefficient (Wildman–Crippen LogP) is 7.31. The van der Waals surface area contributed by atoms with Crippen LogP contribution in [0.1, 0.15) is 79.6 Å². The number of hydrogen-bond acceptors (Lipinski definition) is 6. The average Bonchev–Trinajstić information content (AvgIpc) is 3.49. The number of carbonyl (C=O) groups excluding carboxylic acids is 2. The number of benzene rings is 2. The molecule has 0 radical (unpaired) electrons. The molecule has 0 saturated carbocycles. The third kappa shape index (κ3) is 8.23. The fourth-order valence-corrected chi connectivity index (χ4v) is 5.64. The molecule has 4 aromatic rings. The Morgan fingerprint density at radius 1 is 0.837 bits per heavy atom. The third-order valence-electron chi connectivity index (χ3n) is 7.41. The van der Waals surface area contributed by atoms with Gasteiger partial charge in [0.15, 0.2) is 11.6 Å². The molecule has 2 atom stereocenters. The van der Waals surface area contributed by atoms with Gasteiger partial charge < -0.3 is 10.4 Å². The minimum atomic E-state index is -1.13. The maximum absolute atomic E-state index is 13.2. The van der Waals surface area contributed by atoms with Gasteiger partial charge in [0.2, 0.25) is 5.91 Å². The first kappa shape index (κ1) is 31.8. The Labute approximate surface area is 257 Å². The Morgan fingerprint density at radius 3 is 1.98 bits per heavy atom. The van der Waals surface area contributed by atoms with E-state index in [1.54, 1.807) is 0 Å². The highest BCUT2D eigenvalue weighted by atomic mass is 32.1. The van der Waals surface area contributed by atoms with E-state index in [1.807, 2.05) is 48.8 Å². The number of thiophene rings is 1. The lowest BCUT2D eigenvalue weighted by atomic mass is 9.92. The van der Waals surface area contributed by atoms with E-state index in [9.17, 15) is 19.5 Å². The van der Waals surface area contributed by atoms with Crippen LogP contribution in [0.15, 0.2) is 73.1 Å². The summed E-state index contributed by atoms with van der Waals surface area (Å²) in [5, 5.41) is 11.8. The summed E-state index contributed by atoms with van der Waals surface area (Å²) in [4.78, 5) is 48.6. The molecule has 0 aliphatic carbocycles. The van der Waals surface area contributed by atoms with Crippen molar-refractivity contribution in [2.75, 3.05) is 0 Å². The second-order valence-corrected chi connectivity index (χ2v) is 13.4. The van der Waals surface area contributed by atoms with Crippen molar-refractivity contribution in [2.24, 2.45) is 5.92 Å². The molecule has 7 nitrogen and oxygen atoms in total. The number of carbonyl (C=O) groups is 3. The van der Waals surface area contributed by atoms with Crippen LogP contribution in [0, 0.1) is 5.92 Å². The molecule has 8 heteroatoms. The molecule has 0 unspecified atom stereocenters. The van der Waals surface area contributed by atoms with Gasteiger partial charge in [-0.3, -0.25) is 14.4 Å². The van der Waals surface area contributed by atoms with Crippen LogP contribution < -0.4 is 5.32 Å². The van der Waals surface area contributed by atoms with Crippen LogP contribution in [-0.2, 0) is 21.4 Å². The smallest absolute Gasteiger partial charge is 0.325 e. The maximum Gasteiger partial charge on any atom is 0.325 e. The second kappa shape index (κ2) is 13.4. The molecular formula is C35H39N3O4S. The van der Waals surface area contributed by atoms with E-state index < -0.39 is 23.8 Å². The predicted molar refractivity (Wildman–Crippen MR) is 171 cm³/mol. The lowest BCUT2D eigenvalue weighted by molar-refractivity contribution is -0.141. The van der Waals surface area contributed by atoms with Gasteiger partial charge in [0.25, 0.3) is 0 Å². The summed E-state index contributed by atoms with van der Waals surface area (Å²) in [6, 6.07) is 18.7. The van der Waals surface area contributed by atoms with Crippen LogP contribution >= 0.6 is 11.3 Å². The first-order valence-corrected chi connectivity index (χ1v) is 15.3. The third-order valence-corrected chi connectivity index (χ3v) is 8.96. The lowest BCUT2D eigenvalue weighted by Crippen LogP contribution is -2.42. The summed E-state index contributed by atoms with van der Waals surface area (Å²) in [5.41, 5.74) is 4.87. The lowest BCUT2D eigenvalue weighted by Gasteiger charge is -2.18. The van der Waals surface area contributed by atoms with Crippen molar-refractivity contribution in [3.8, 4) is 22.5 Å². The van der Waals surface area contributed by atoms with Crippen molar-refractivity contribution >= 4 is 29.0 Å². The van der Waals surface area contributed by atoms with E-state index in [0.29, 0.717) is 16.6 Å². The number of Topliss-reactive ketones (excluding diaryl/α,β-unsaturated/α-hetero) is 1. The van der Waals surface area contributed by atoms with E-state index in [1.165, 1.54) is 23.8 Å². The summed E-state index contributed by atoms with van der Waals surface area (Å²) >= 11 is 1.44. The Kier molecular flexibility index (Phi) is 9.91. The minimum Gasteiger partial charge on any atom is -0.480 e. The number of aliphatic carboxylic acids is 1. The van der Waals surface area contributed by atoms with E-state index in [4.69, 9.17) is 0 Å². The summed E-state index contributed by atoms with van der Waals surface area (Å²) in [6.07, 6.45) is 3.89. The van der Waals surface area contributed by atoms with Gasteiger partial charge in [-0.15, -0.1) is 11.3 Å². The quantitative estimate of drug-likeness (QED) is 0.175. The maximum atomic E-state index is 13.2. The summed E-state index contributed by atoms with van der Waals surface area (Å²) in [5.74, 6) is -1.39. The Bertz CT molecular complexity index is 1570. The van der Waals surface area contributed by atoms with E-state index in [2.05, 4.69) is 74.2 Å². The number of rotatable bonds is 11. The number of nitrogens with zero attached hydrogens (tertiary/aromatic N) is 2. The van der Waals surface area contributed by atoms with Crippen molar-refractivity contribution in [3.05, 3.63) is 93.9 Å². The molecule has 0 aliphatic rings. The highest BCUT2D eigenvalue weighted by Gasteiger charge is 2.27.